The second-order valence-electron chi connectivity index (χ2n) is 8.32. The molecule has 1 aliphatic rings. The summed E-state index contributed by atoms with van der Waals surface area (Å²) in [5.41, 5.74) is 5.55. The number of aromatic nitrogens is 1. The van der Waals surface area contributed by atoms with E-state index in [0.29, 0.717) is 0 Å². The minimum Gasteiger partial charge on any atom is -0.357 e. The first-order chi connectivity index (χ1) is 13.9. The van der Waals surface area contributed by atoms with E-state index in [4.69, 9.17) is 0 Å². The molecule has 0 aliphatic carbocycles. The van der Waals surface area contributed by atoms with E-state index in [0.717, 1.165) is 38.0 Å². The van der Waals surface area contributed by atoms with Gasteiger partial charge in [-0.2, -0.15) is 0 Å². The van der Waals surface area contributed by atoms with Crippen molar-refractivity contribution in [2.75, 3.05) is 13.1 Å². The molecule has 152 valence electrons. The van der Waals surface area contributed by atoms with E-state index in [9.17, 15) is 9.18 Å². The van der Waals surface area contributed by atoms with Crippen LogP contribution in [0.4, 0.5) is 4.39 Å². The maximum Gasteiger partial charge on any atom is 0.217 e. The third-order valence-corrected chi connectivity index (χ3v) is 6.22. The number of H-pyrrole nitrogens is 1. The molecule has 5 heteroatoms. The summed E-state index contributed by atoms with van der Waals surface area (Å²) in [7, 11) is 0. The Kier molecular flexibility index (Phi) is 5.17. The van der Waals surface area contributed by atoms with Crippen molar-refractivity contribution in [1.82, 2.24) is 15.2 Å². The van der Waals surface area contributed by atoms with Crippen molar-refractivity contribution in [3.05, 3.63) is 70.7 Å². The first-order valence-corrected chi connectivity index (χ1v) is 10.2. The predicted octanol–water partition coefficient (Wildman–Crippen LogP) is 4.55. The Labute approximate surface area is 171 Å². The van der Waals surface area contributed by atoms with Gasteiger partial charge in [0.25, 0.3) is 0 Å². The van der Waals surface area contributed by atoms with E-state index in [-0.39, 0.29) is 11.7 Å². The number of amides is 1. The van der Waals surface area contributed by atoms with Crippen LogP contribution in [0.3, 0.4) is 0 Å². The van der Waals surface area contributed by atoms with Gasteiger partial charge in [0.1, 0.15) is 5.82 Å². The van der Waals surface area contributed by atoms with Crippen molar-refractivity contribution in [3.8, 4) is 0 Å². The summed E-state index contributed by atoms with van der Waals surface area (Å²) in [6.45, 7) is 8.44. The molecule has 0 unspecified atom stereocenters. The van der Waals surface area contributed by atoms with Gasteiger partial charge in [-0.15, -0.1) is 0 Å². The number of hydrogen-bond acceptors (Lipinski definition) is 2. The third-order valence-electron chi connectivity index (χ3n) is 6.22. The average molecular weight is 394 g/mol. The highest BCUT2D eigenvalue weighted by Crippen LogP contribution is 2.34. The van der Waals surface area contributed by atoms with E-state index >= 15 is 0 Å². The summed E-state index contributed by atoms with van der Waals surface area (Å²) in [4.78, 5) is 17.9. The highest BCUT2D eigenvalue weighted by molar-refractivity contribution is 5.85. The molecule has 1 saturated heterocycles. The van der Waals surface area contributed by atoms with Crippen LogP contribution < -0.4 is 5.32 Å². The molecule has 0 bridgehead atoms. The number of piperidine rings is 1. The fourth-order valence-electron chi connectivity index (χ4n) is 4.56. The maximum absolute atomic E-state index is 13.4. The molecule has 0 radical (unpaired) electrons. The zero-order valence-corrected chi connectivity index (χ0v) is 17.3. The summed E-state index contributed by atoms with van der Waals surface area (Å²) >= 11 is 0. The maximum atomic E-state index is 13.4. The van der Waals surface area contributed by atoms with Crippen LogP contribution >= 0.6 is 0 Å². The summed E-state index contributed by atoms with van der Waals surface area (Å²) in [6, 6.07) is 13.1. The lowest BCUT2D eigenvalue weighted by Gasteiger charge is -2.42. The molecule has 1 fully saturated rings. The Bertz CT molecular complexity index is 1030. The average Bonchev–Trinajstić information content (AvgIpc) is 2.99. The van der Waals surface area contributed by atoms with Crippen molar-refractivity contribution >= 4 is 16.8 Å². The highest BCUT2D eigenvalue weighted by Gasteiger charge is 2.37. The number of nitrogens with zero attached hydrogens (tertiary/aromatic N) is 1. The first kappa shape index (κ1) is 19.6. The number of aryl methyl sites for hydroxylation is 2. The predicted molar refractivity (Wildman–Crippen MR) is 114 cm³/mol. The molecular formula is C24H28FN3O. The van der Waals surface area contributed by atoms with Crippen LogP contribution in [-0.4, -0.2) is 28.9 Å². The number of carbonyl (C=O) groups excluding carboxylic acids is 1. The van der Waals surface area contributed by atoms with Gasteiger partial charge in [0.05, 0.1) is 5.54 Å². The van der Waals surface area contributed by atoms with Gasteiger partial charge in [-0.05, 0) is 62.1 Å². The van der Waals surface area contributed by atoms with Gasteiger partial charge in [-0.25, -0.2) is 4.39 Å². The van der Waals surface area contributed by atoms with Crippen LogP contribution in [0.5, 0.6) is 0 Å². The SMILES string of the molecule is CC(=O)NC1(c2ccc(F)cc2)CCN(Cc2[nH]c3ccc(C)cc3c2C)CC1. The van der Waals surface area contributed by atoms with Crippen LogP contribution in [0.2, 0.25) is 0 Å². The van der Waals surface area contributed by atoms with Crippen molar-refractivity contribution in [2.24, 2.45) is 0 Å². The van der Waals surface area contributed by atoms with Gasteiger partial charge in [0.15, 0.2) is 0 Å². The minimum absolute atomic E-state index is 0.0513. The van der Waals surface area contributed by atoms with Gasteiger partial charge < -0.3 is 10.3 Å². The second-order valence-corrected chi connectivity index (χ2v) is 8.32. The molecule has 1 aromatic heterocycles. The van der Waals surface area contributed by atoms with Crippen LogP contribution in [0.25, 0.3) is 10.9 Å². The summed E-state index contributed by atoms with van der Waals surface area (Å²) < 4.78 is 13.4. The van der Waals surface area contributed by atoms with Gasteiger partial charge in [0, 0.05) is 43.2 Å². The van der Waals surface area contributed by atoms with Gasteiger partial charge in [-0.3, -0.25) is 9.69 Å². The number of halogens is 1. The lowest BCUT2D eigenvalue weighted by molar-refractivity contribution is -0.121. The van der Waals surface area contributed by atoms with Crippen LogP contribution in [0.15, 0.2) is 42.5 Å². The summed E-state index contributed by atoms with van der Waals surface area (Å²) in [5.74, 6) is -0.307. The highest BCUT2D eigenvalue weighted by atomic mass is 19.1. The number of hydrogen-bond donors (Lipinski definition) is 2. The number of carbonyl (C=O) groups is 1. The van der Waals surface area contributed by atoms with Crippen LogP contribution in [-0.2, 0) is 16.9 Å². The topological polar surface area (TPSA) is 48.1 Å². The van der Waals surface area contributed by atoms with Gasteiger partial charge in [0.2, 0.25) is 5.91 Å². The number of fused-ring (bicyclic) bond motifs is 1. The molecule has 2 N–H and O–H groups in total. The number of rotatable bonds is 4. The van der Waals surface area contributed by atoms with Crippen LogP contribution in [0.1, 0.15) is 42.1 Å². The molecule has 0 atom stereocenters. The van der Waals surface area contributed by atoms with Gasteiger partial charge in [-0.1, -0.05) is 23.8 Å². The molecule has 2 heterocycles. The van der Waals surface area contributed by atoms with Crippen molar-refractivity contribution in [3.63, 3.8) is 0 Å². The number of likely N-dealkylation sites (tertiary alicyclic amines) is 1. The molecular weight excluding hydrogens is 365 g/mol. The molecule has 29 heavy (non-hydrogen) atoms. The molecule has 0 saturated carbocycles. The summed E-state index contributed by atoms with van der Waals surface area (Å²) in [6.07, 6.45) is 1.60. The Balaban J connectivity index is 1.52. The second kappa shape index (κ2) is 7.64. The smallest absolute Gasteiger partial charge is 0.217 e. The van der Waals surface area contributed by atoms with E-state index in [1.54, 1.807) is 19.1 Å². The molecule has 0 spiro atoms. The Morgan fingerprint density at radius 3 is 2.48 bits per heavy atom. The zero-order valence-electron chi connectivity index (χ0n) is 17.3. The van der Waals surface area contributed by atoms with E-state index in [2.05, 4.69) is 47.2 Å². The monoisotopic (exact) mass is 393 g/mol. The molecule has 2 aromatic carbocycles. The van der Waals surface area contributed by atoms with Crippen molar-refractivity contribution in [1.29, 1.82) is 0 Å². The zero-order chi connectivity index (χ0) is 20.6. The molecule has 1 aliphatic heterocycles. The third kappa shape index (κ3) is 3.92. The van der Waals surface area contributed by atoms with Gasteiger partial charge >= 0.3 is 0 Å². The molecule has 4 rings (SSSR count). The minimum atomic E-state index is -0.428. The lowest BCUT2D eigenvalue weighted by atomic mass is 9.80. The number of nitrogens with one attached hydrogen (secondary N) is 2. The Hall–Kier alpha value is -2.66. The number of aromatic amines is 1. The fraction of sp³-hybridized carbons (Fsp3) is 0.375. The normalized spacial score (nSPS) is 16.8. The molecule has 4 nitrogen and oxygen atoms in total. The number of benzene rings is 2. The van der Waals surface area contributed by atoms with E-state index in [1.165, 1.54) is 39.9 Å². The lowest BCUT2D eigenvalue weighted by Crippen LogP contribution is -2.52. The summed E-state index contributed by atoms with van der Waals surface area (Å²) in [5, 5.41) is 4.45. The Morgan fingerprint density at radius 1 is 1.14 bits per heavy atom. The quantitative estimate of drug-likeness (QED) is 0.683. The largest absolute Gasteiger partial charge is 0.357 e. The standard InChI is InChI=1S/C24H28FN3O/c1-16-4-9-22-21(14-16)17(2)23(26-22)15-28-12-10-24(11-13-28,27-18(3)29)19-5-7-20(25)8-6-19/h4-9,14,26H,10-13,15H2,1-3H3,(H,27,29). The first-order valence-electron chi connectivity index (χ1n) is 10.2. The van der Waals surface area contributed by atoms with E-state index in [1.807, 2.05) is 0 Å². The molecule has 3 aromatic rings. The Morgan fingerprint density at radius 2 is 1.83 bits per heavy atom. The van der Waals surface area contributed by atoms with Crippen molar-refractivity contribution in [2.45, 2.75) is 45.7 Å². The molecule has 1 amide bonds. The van der Waals surface area contributed by atoms with Crippen LogP contribution in [0, 0.1) is 19.7 Å². The van der Waals surface area contributed by atoms with Crippen molar-refractivity contribution < 1.29 is 9.18 Å². The fourth-order valence-corrected chi connectivity index (χ4v) is 4.56. The van der Waals surface area contributed by atoms with E-state index < -0.39 is 5.54 Å².